The van der Waals surface area contributed by atoms with Crippen molar-refractivity contribution in [1.82, 2.24) is 10.3 Å². The third-order valence-corrected chi connectivity index (χ3v) is 3.91. The highest BCUT2D eigenvalue weighted by Crippen LogP contribution is 2.36. The van der Waals surface area contributed by atoms with Gasteiger partial charge in [0.05, 0.1) is 17.1 Å². The summed E-state index contributed by atoms with van der Waals surface area (Å²) in [5.74, 6) is 0. The predicted octanol–water partition coefficient (Wildman–Crippen LogP) is 2.78. The van der Waals surface area contributed by atoms with Crippen molar-refractivity contribution in [3.63, 3.8) is 0 Å². The number of benzene rings is 1. The van der Waals surface area contributed by atoms with Gasteiger partial charge < -0.3 is 15.1 Å². The SMILES string of the molecule is CCNCc1cc(N2CCN(C)c3ccccc32)ccn1. The van der Waals surface area contributed by atoms with Gasteiger partial charge in [-0.2, -0.15) is 0 Å². The van der Waals surface area contributed by atoms with E-state index in [1.54, 1.807) is 0 Å². The Morgan fingerprint density at radius 1 is 1.14 bits per heavy atom. The first-order valence-corrected chi connectivity index (χ1v) is 7.53. The van der Waals surface area contributed by atoms with Crippen LogP contribution in [0, 0.1) is 0 Å². The highest BCUT2D eigenvalue weighted by molar-refractivity contribution is 5.79. The quantitative estimate of drug-likeness (QED) is 0.934. The van der Waals surface area contributed by atoms with Crippen LogP contribution in [-0.4, -0.2) is 31.7 Å². The number of hydrogen-bond donors (Lipinski definition) is 1. The maximum Gasteiger partial charge on any atom is 0.0649 e. The lowest BCUT2D eigenvalue weighted by Gasteiger charge is -2.37. The lowest BCUT2D eigenvalue weighted by molar-refractivity contribution is 0.710. The van der Waals surface area contributed by atoms with Gasteiger partial charge in [-0.05, 0) is 30.8 Å². The first-order valence-electron chi connectivity index (χ1n) is 7.53. The second-order valence-electron chi connectivity index (χ2n) is 5.35. The van der Waals surface area contributed by atoms with Gasteiger partial charge in [0.25, 0.3) is 0 Å². The molecule has 0 bridgehead atoms. The van der Waals surface area contributed by atoms with Crippen LogP contribution in [0.3, 0.4) is 0 Å². The Morgan fingerprint density at radius 2 is 1.95 bits per heavy atom. The van der Waals surface area contributed by atoms with E-state index in [-0.39, 0.29) is 0 Å². The zero-order valence-electron chi connectivity index (χ0n) is 12.7. The van der Waals surface area contributed by atoms with Crippen molar-refractivity contribution in [3.05, 3.63) is 48.3 Å². The summed E-state index contributed by atoms with van der Waals surface area (Å²) in [6, 6.07) is 12.9. The molecule has 1 aromatic carbocycles. The van der Waals surface area contributed by atoms with Crippen molar-refractivity contribution in [2.75, 3.05) is 36.5 Å². The summed E-state index contributed by atoms with van der Waals surface area (Å²) in [6.45, 7) is 5.92. The van der Waals surface area contributed by atoms with Gasteiger partial charge in [0.1, 0.15) is 0 Å². The minimum absolute atomic E-state index is 0.819. The molecule has 0 amide bonds. The maximum absolute atomic E-state index is 4.44. The minimum Gasteiger partial charge on any atom is -0.371 e. The van der Waals surface area contributed by atoms with Crippen LogP contribution in [0.4, 0.5) is 17.1 Å². The van der Waals surface area contributed by atoms with Gasteiger partial charge in [0, 0.05) is 38.6 Å². The molecule has 0 saturated carbocycles. The topological polar surface area (TPSA) is 31.4 Å². The smallest absolute Gasteiger partial charge is 0.0649 e. The van der Waals surface area contributed by atoms with Gasteiger partial charge in [-0.1, -0.05) is 19.1 Å². The van der Waals surface area contributed by atoms with E-state index < -0.39 is 0 Å². The fourth-order valence-corrected chi connectivity index (χ4v) is 2.76. The van der Waals surface area contributed by atoms with Crippen LogP contribution in [0.25, 0.3) is 0 Å². The van der Waals surface area contributed by atoms with Crippen LogP contribution < -0.4 is 15.1 Å². The van der Waals surface area contributed by atoms with E-state index in [0.717, 1.165) is 31.9 Å². The predicted molar refractivity (Wildman–Crippen MR) is 88.3 cm³/mol. The van der Waals surface area contributed by atoms with Crippen molar-refractivity contribution in [3.8, 4) is 0 Å². The van der Waals surface area contributed by atoms with Gasteiger partial charge in [-0.3, -0.25) is 4.98 Å². The zero-order valence-corrected chi connectivity index (χ0v) is 12.7. The summed E-state index contributed by atoms with van der Waals surface area (Å²) in [7, 11) is 2.15. The number of para-hydroxylation sites is 2. The standard InChI is InChI=1S/C17H22N4/c1-3-18-13-14-12-15(8-9-19-14)21-11-10-20(2)16-6-4-5-7-17(16)21/h4-9,12,18H,3,10-11,13H2,1-2H3. The summed E-state index contributed by atoms with van der Waals surface area (Å²) in [6.07, 6.45) is 1.91. The van der Waals surface area contributed by atoms with Crippen LogP contribution in [0.2, 0.25) is 0 Å². The average Bonchev–Trinajstić information content (AvgIpc) is 2.54. The number of nitrogens with zero attached hydrogens (tertiary/aromatic N) is 3. The molecule has 21 heavy (non-hydrogen) atoms. The second kappa shape index (κ2) is 6.14. The van der Waals surface area contributed by atoms with Crippen molar-refractivity contribution < 1.29 is 0 Å². The summed E-state index contributed by atoms with van der Waals surface area (Å²) >= 11 is 0. The highest BCUT2D eigenvalue weighted by atomic mass is 15.3. The van der Waals surface area contributed by atoms with Crippen LogP contribution in [0.15, 0.2) is 42.6 Å². The molecule has 1 aliphatic heterocycles. The molecule has 1 aromatic heterocycles. The molecule has 2 heterocycles. The monoisotopic (exact) mass is 282 g/mol. The Hall–Kier alpha value is -2.07. The Kier molecular flexibility index (Phi) is 4.06. The molecular weight excluding hydrogens is 260 g/mol. The molecule has 4 heteroatoms. The van der Waals surface area contributed by atoms with E-state index >= 15 is 0 Å². The van der Waals surface area contributed by atoms with Crippen molar-refractivity contribution in [1.29, 1.82) is 0 Å². The van der Waals surface area contributed by atoms with Crippen LogP contribution in [0.1, 0.15) is 12.6 Å². The van der Waals surface area contributed by atoms with Crippen LogP contribution in [-0.2, 0) is 6.54 Å². The number of pyridine rings is 1. The Labute approximate surface area is 126 Å². The molecule has 0 fully saturated rings. The normalized spacial score (nSPS) is 14.2. The number of anilines is 3. The molecule has 4 nitrogen and oxygen atoms in total. The zero-order chi connectivity index (χ0) is 14.7. The maximum atomic E-state index is 4.44. The molecule has 0 atom stereocenters. The molecule has 1 aliphatic rings. The minimum atomic E-state index is 0.819. The van der Waals surface area contributed by atoms with Gasteiger partial charge in [0.15, 0.2) is 0 Å². The average molecular weight is 282 g/mol. The van der Waals surface area contributed by atoms with Crippen molar-refractivity contribution in [2.24, 2.45) is 0 Å². The van der Waals surface area contributed by atoms with E-state index in [1.165, 1.54) is 17.1 Å². The van der Waals surface area contributed by atoms with E-state index in [4.69, 9.17) is 0 Å². The van der Waals surface area contributed by atoms with Gasteiger partial charge in [0.2, 0.25) is 0 Å². The summed E-state index contributed by atoms with van der Waals surface area (Å²) in [4.78, 5) is 9.14. The number of hydrogen-bond acceptors (Lipinski definition) is 4. The molecule has 0 radical (unpaired) electrons. The van der Waals surface area contributed by atoms with E-state index in [2.05, 4.69) is 70.5 Å². The molecule has 2 aromatic rings. The fourth-order valence-electron chi connectivity index (χ4n) is 2.76. The van der Waals surface area contributed by atoms with E-state index in [1.807, 2.05) is 6.20 Å². The number of nitrogens with one attached hydrogen (secondary N) is 1. The molecule has 0 aliphatic carbocycles. The lowest BCUT2D eigenvalue weighted by atomic mass is 10.1. The third kappa shape index (κ3) is 2.85. The molecule has 1 N–H and O–H groups in total. The van der Waals surface area contributed by atoms with Crippen LogP contribution >= 0.6 is 0 Å². The Balaban J connectivity index is 1.92. The lowest BCUT2D eigenvalue weighted by Crippen LogP contribution is -2.36. The molecule has 0 saturated heterocycles. The van der Waals surface area contributed by atoms with Crippen molar-refractivity contribution in [2.45, 2.75) is 13.5 Å². The summed E-state index contributed by atoms with van der Waals surface area (Å²) < 4.78 is 0. The first-order chi connectivity index (χ1) is 10.3. The first kappa shape index (κ1) is 13.9. The van der Waals surface area contributed by atoms with Crippen LogP contribution in [0.5, 0.6) is 0 Å². The fraction of sp³-hybridized carbons (Fsp3) is 0.353. The van der Waals surface area contributed by atoms with Gasteiger partial charge >= 0.3 is 0 Å². The molecule has 3 rings (SSSR count). The molecule has 0 spiro atoms. The number of aromatic nitrogens is 1. The second-order valence-corrected chi connectivity index (χ2v) is 5.35. The highest BCUT2D eigenvalue weighted by Gasteiger charge is 2.21. The Morgan fingerprint density at radius 3 is 2.76 bits per heavy atom. The molecular formula is C17H22N4. The Bertz CT molecular complexity index is 611. The largest absolute Gasteiger partial charge is 0.371 e. The summed E-state index contributed by atoms with van der Waals surface area (Å²) in [5.41, 5.74) is 4.87. The number of fused-ring (bicyclic) bond motifs is 1. The number of rotatable bonds is 4. The van der Waals surface area contributed by atoms with E-state index in [0.29, 0.717) is 0 Å². The van der Waals surface area contributed by atoms with E-state index in [9.17, 15) is 0 Å². The van der Waals surface area contributed by atoms with Gasteiger partial charge in [-0.25, -0.2) is 0 Å². The summed E-state index contributed by atoms with van der Waals surface area (Å²) in [5, 5.41) is 3.33. The third-order valence-electron chi connectivity index (χ3n) is 3.91. The number of likely N-dealkylation sites (N-methyl/N-ethyl adjacent to an activating group) is 1. The molecule has 110 valence electrons. The van der Waals surface area contributed by atoms with Gasteiger partial charge in [-0.15, -0.1) is 0 Å². The molecule has 0 unspecified atom stereocenters. The van der Waals surface area contributed by atoms with Crippen molar-refractivity contribution >= 4 is 17.1 Å².